The van der Waals surface area contributed by atoms with Crippen molar-refractivity contribution in [3.63, 3.8) is 0 Å². The van der Waals surface area contributed by atoms with Gasteiger partial charge in [-0.15, -0.1) is 0 Å². The number of Topliss-reactive ketones (excluding diaryl/α,β-unsaturated/α-hetero) is 2. The van der Waals surface area contributed by atoms with Gasteiger partial charge in [-0.3, -0.25) is 0 Å². The van der Waals surface area contributed by atoms with Crippen LogP contribution in [-0.4, -0.2) is 17.7 Å². The van der Waals surface area contributed by atoms with Crippen molar-refractivity contribution in [1.29, 1.82) is 0 Å². The van der Waals surface area contributed by atoms with E-state index < -0.39 is 18.1 Å². The Kier molecular flexibility index (Phi) is 4.64. The van der Waals surface area contributed by atoms with Gasteiger partial charge in [0, 0.05) is 0 Å². The molecular formula is C8H4EuF3O2S. The standard InChI is InChI=1S/C8H4F3O2S.Eu/c9-8(10,11)7(13)4-5(12)6-2-1-3-14-6;/h1-4H;. The summed E-state index contributed by atoms with van der Waals surface area (Å²) in [6, 6.07) is 2.96. The van der Waals surface area contributed by atoms with Gasteiger partial charge in [-0.05, 0) is 0 Å². The molecular weight excluding hydrogens is 369 g/mol. The van der Waals surface area contributed by atoms with E-state index in [2.05, 4.69) is 0 Å². The Morgan fingerprint density at radius 1 is 1.40 bits per heavy atom. The second kappa shape index (κ2) is 5.16. The molecule has 0 N–H and O–H groups in total. The molecule has 1 heterocycles. The minimum atomic E-state index is -4.94. The van der Waals surface area contributed by atoms with Crippen LogP contribution in [0.5, 0.6) is 0 Å². The van der Waals surface area contributed by atoms with Gasteiger partial charge in [-0.2, -0.15) is 0 Å². The molecule has 0 amide bonds. The number of rotatable bonds is 3. The molecule has 1 aromatic heterocycles. The van der Waals surface area contributed by atoms with Crippen LogP contribution in [0.3, 0.4) is 0 Å². The van der Waals surface area contributed by atoms with E-state index in [0.29, 0.717) is 47.0 Å². The molecule has 1 aromatic rings. The number of ketones is 2. The van der Waals surface area contributed by atoms with E-state index >= 15 is 0 Å². The van der Waals surface area contributed by atoms with Gasteiger partial charge in [0.25, 0.3) is 0 Å². The molecule has 0 fully saturated rings. The maximum absolute atomic E-state index is 12.0. The van der Waals surface area contributed by atoms with Gasteiger partial charge in [-0.25, -0.2) is 0 Å². The molecule has 2 nitrogen and oxygen atoms in total. The number of hydrogen-bond donors (Lipinski definition) is 0. The normalized spacial score (nSPS) is 13.6. The fraction of sp³-hybridized carbons (Fsp3) is 0.250. The van der Waals surface area contributed by atoms with Gasteiger partial charge in [-0.1, -0.05) is 0 Å². The van der Waals surface area contributed by atoms with Crippen LogP contribution in [0.25, 0.3) is 0 Å². The van der Waals surface area contributed by atoms with Crippen molar-refractivity contribution in [1.82, 2.24) is 0 Å². The molecule has 0 bridgehead atoms. The van der Waals surface area contributed by atoms with Crippen LogP contribution in [0, 0.1) is 47.0 Å². The Morgan fingerprint density at radius 3 is 2.40 bits per heavy atom. The van der Waals surface area contributed by atoms with Crippen LogP contribution < -0.4 is 0 Å². The Bertz CT molecular complexity index is 372. The van der Waals surface area contributed by atoms with E-state index in [4.69, 9.17) is 0 Å². The van der Waals surface area contributed by atoms with Gasteiger partial charge in [0.1, 0.15) is 0 Å². The summed E-state index contributed by atoms with van der Waals surface area (Å²) in [6.45, 7) is 0. The van der Waals surface area contributed by atoms with Crippen LogP contribution in [0.4, 0.5) is 13.2 Å². The molecule has 0 radical (unpaired) electrons. The third kappa shape index (κ3) is 3.44. The van der Waals surface area contributed by atoms with E-state index in [1.165, 1.54) is 6.07 Å². The first-order chi connectivity index (χ1) is 6.84. The van der Waals surface area contributed by atoms with Crippen molar-refractivity contribution in [2.45, 2.75) is 6.49 Å². The second-order valence-electron chi connectivity index (χ2n) is 2.57. The van der Waals surface area contributed by atoms with Gasteiger partial charge in [0.05, 0.1) is 0 Å². The number of carbonyl (C=O) groups is 2. The van der Waals surface area contributed by atoms with Crippen molar-refractivity contribution in [3.05, 3.63) is 22.4 Å². The topological polar surface area (TPSA) is 34.1 Å². The Balaban J connectivity index is 2.83. The van der Waals surface area contributed by atoms with Crippen LogP contribution in [0.2, 0.25) is 0.312 Å². The van der Waals surface area contributed by atoms with Crippen molar-refractivity contribution in [2.75, 3.05) is 0 Å². The van der Waals surface area contributed by atoms with Crippen molar-refractivity contribution in [2.24, 2.45) is 0 Å². The molecule has 0 aliphatic rings. The van der Waals surface area contributed by atoms with Gasteiger partial charge in [0.2, 0.25) is 0 Å². The van der Waals surface area contributed by atoms with E-state index in [-0.39, 0.29) is 4.88 Å². The fourth-order valence-corrected chi connectivity index (χ4v) is 2.51. The molecule has 7 heteroatoms. The minimum absolute atomic E-state index is 0.181. The zero-order chi connectivity index (χ0) is 11.6. The molecule has 1 unspecified atom stereocenters. The summed E-state index contributed by atoms with van der Waals surface area (Å²) >= 11 is 1.56. The molecule has 0 aromatic carbocycles. The average Bonchev–Trinajstić information content (AvgIpc) is 2.65. The number of carbonyl (C=O) groups excluding carboxylic acids is 2. The molecule has 0 saturated heterocycles. The monoisotopic (exact) mass is 374 g/mol. The summed E-state index contributed by atoms with van der Waals surface area (Å²) in [6.07, 6.45) is -4.94. The summed E-state index contributed by atoms with van der Waals surface area (Å²) in [5.41, 5.74) is 0. The zero-order valence-corrected chi connectivity index (χ0v) is 10.3. The molecule has 1 rings (SSSR count). The first-order valence-electron chi connectivity index (χ1n) is 3.67. The predicted molar refractivity (Wildman–Crippen MR) is 43.5 cm³/mol. The van der Waals surface area contributed by atoms with Gasteiger partial charge in [0.15, 0.2) is 0 Å². The van der Waals surface area contributed by atoms with Crippen LogP contribution >= 0.6 is 11.3 Å². The first-order valence-corrected chi connectivity index (χ1v) is 5.95. The SMILES string of the molecule is O=C(c1cccs1)[CH]([Eu])C(=O)C(F)(F)F. The summed E-state index contributed by atoms with van der Waals surface area (Å²) in [5, 5.41) is 1.57. The van der Waals surface area contributed by atoms with Crippen LogP contribution in [0.15, 0.2) is 17.5 Å². The van der Waals surface area contributed by atoms with E-state index in [0.717, 1.165) is 11.3 Å². The van der Waals surface area contributed by atoms with Crippen molar-refractivity contribution in [3.8, 4) is 0 Å². The van der Waals surface area contributed by atoms with Gasteiger partial charge < -0.3 is 0 Å². The second-order valence-corrected chi connectivity index (χ2v) is 4.91. The van der Waals surface area contributed by atoms with E-state index in [1.807, 2.05) is 0 Å². The zero-order valence-electron chi connectivity index (χ0n) is 7.05. The van der Waals surface area contributed by atoms with E-state index in [9.17, 15) is 22.8 Å². The molecule has 0 aliphatic carbocycles. The van der Waals surface area contributed by atoms with Crippen LogP contribution in [-0.2, 0) is 4.79 Å². The third-order valence-electron chi connectivity index (χ3n) is 1.50. The predicted octanol–water partition coefficient (Wildman–Crippen LogP) is 2.40. The number of hydrogen-bond acceptors (Lipinski definition) is 3. The first kappa shape index (κ1) is 13.5. The van der Waals surface area contributed by atoms with Crippen LogP contribution in [0.1, 0.15) is 9.67 Å². The molecule has 1 atom stereocenters. The fourth-order valence-electron chi connectivity index (χ4n) is 0.806. The van der Waals surface area contributed by atoms with E-state index in [1.54, 1.807) is 11.4 Å². The van der Waals surface area contributed by atoms with Crippen molar-refractivity contribution >= 4 is 22.9 Å². The average molecular weight is 373 g/mol. The quantitative estimate of drug-likeness (QED) is 0.603. The molecule has 15 heavy (non-hydrogen) atoms. The molecule has 0 aliphatic heterocycles. The molecule has 0 spiro atoms. The molecule has 0 saturated carbocycles. The Morgan fingerprint density at radius 2 is 2.00 bits per heavy atom. The summed E-state index contributed by atoms with van der Waals surface area (Å²) < 4.78 is 34.4. The van der Waals surface area contributed by atoms with Crippen molar-refractivity contribution < 1.29 is 69.8 Å². The third-order valence-corrected chi connectivity index (χ3v) is 3.66. The number of thiophene rings is 1. The van der Waals surface area contributed by atoms with Gasteiger partial charge >= 0.3 is 122 Å². The maximum atomic E-state index is 12.0. The molecule has 82 valence electrons. The number of alkyl halides is 3. The summed E-state index contributed by atoms with van der Waals surface area (Å²) in [7, 11) is 0. The number of halogens is 3. The summed E-state index contributed by atoms with van der Waals surface area (Å²) in [4.78, 5) is 22.4. The Labute approximate surface area is 120 Å². The Hall–Kier alpha value is 0.414. The summed E-state index contributed by atoms with van der Waals surface area (Å²) in [5.74, 6) is -2.73.